The van der Waals surface area contributed by atoms with Crippen molar-refractivity contribution >= 4 is 11.6 Å². The molecule has 0 bridgehead atoms. The molecule has 0 atom stereocenters. The molecule has 1 rings (SSSR count). The van der Waals surface area contributed by atoms with Crippen molar-refractivity contribution in [3.05, 3.63) is 29.8 Å². The van der Waals surface area contributed by atoms with Gasteiger partial charge < -0.3 is 5.32 Å². The van der Waals surface area contributed by atoms with Crippen LogP contribution in [0.15, 0.2) is 18.2 Å². The molecule has 0 unspecified atom stereocenters. The van der Waals surface area contributed by atoms with Gasteiger partial charge in [-0.1, -0.05) is 11.6 Å². The predicted octanol–water partition coefficient (Wildman–Crippen LogP) is 1.75. The van der Waals surface area contributed by atoms with Crippen LogP contribution in [0.25, 0.3) is 0 Å². The van der Waals surface area contributed by atoms with Crippen LogP contribution in [0.1, 0.15) is 12.5 Å². The number of carbonyl (C=O) groups excluding carboxylic acids is 1. The highest BCUT2D eigenvalue weighted by atomic mass is 16.1. The summed E-state index contributed by atoms with van der Waals surface area (Å²) in [6.07, 6.45) is 0. The lowest BCUT2D eigenvalue weighted by Gasteiger charge is -1.99. The summed E-state index contributed by atoms with van der Waals surface area (Å²) >= 11 is 0. The van der Waals surface area contributed by atoms with Crippen LogP contribution >= 0.6 is 0 Å². The Labute approximate surface area is 66.2 Å². The third kappa shape index (κ3) is 2.42. The molecule has 1 aromatic rings. The van der Waals surface area contributed by atoms with Gasteiger partial charge in [0.1, 0.15) is 0 Å². The molecule has 0 heterocycles. The lowest BCUT2D eigenvalue weighted by molar-refractivity contribution is -0.114. The molecule has 1 radical (unpaired) electrons. The molecule has 0 spiro atoms. The molecule has 1 amide bonds. The molecule has 2 heteroatoms. The molecule has 0 aromatic heterocycles. The summed E-state index contributed by atoms with van der Waals surface area (Å²) in [7, 11) is 0. The highest BCUT2D eigenvalue weighted by molar-refractivity contribution is 5.88. The van der Waals surface area contributed by atoms with Gasteiger partial charge >= 0.3 is 0 Å². The number of amides is 1. The smallest absolute Gasteiger partial charge is 0.221 e. The Hall–Kier alpha value is -1.31. The zero-order valence-corrected chi connectivity index (χ0v) is 6.64. The Morgan fingerprint density at radius 3 is 2.73 bits per heavy atom. The van der Waals surface area contributed by atoms with Crippen LogP contribution in [0.2, 0.25) is 0 Å². The van der Waals surface area contributed by atoms with Gasteiger partial charge in [-0.3, -0.25) is 4.79 Å². The van der Waals surface area contributed by atoms with Crippen LogP contribution in [-0.4, -0.2) is 5.91 Å². The minimum absolute atomic E-state index is 0.0647. The van der Waals surface area contributed by atoms with E-state index in [1.807, 2.05) is 25.1 Å². The molecule has 1 N–H and O–H groups in total. The van der Waals surface area contributed by atoms with Crippen LogP contribution in [0, 0.1) is 13.0 Å². The number of anilines is 1. The van der Waals surface area contributed by atoms with Gasteiger partial charge in [0, 0.05) is 18.7 Å². The van der Waals surface area contributed by atoms with Gasteiger partial charge in [0.25, 0.3) is 0 Å². The summed E-state index contributed by atoms with van der Waals surface area (Å²) in [5.41, 5.74) is 1.86. The number of rotatable bonds is 1. The number of hydrogen-bond donors (Lipinski definition) is 1. The van der Waals surface area contributed by atoms with Crippen LogP contribution in [0.3, 0.4) is 0 Å². The molecule has 0 aliphatic heterocycles. The first kappa shape index (κ1) is 7.79. The molecule has 0 saturated heterocycles. The Kier molecular flexibility index (Phi) is 2.26. The summed E-state index contributed by atoms with van der Waals surface area (Å²) in [5.74, 6) is -0.0647. The zero-order chi connectivity index (χ0) is 8.27. The number of aryl methyl sites for hydroxylation is 1. The maximum atomic E-state index is 10.6. The van der Waals surface area contributed by atoms with E-state index in [1.165, 1.54) is 6.92 Å². The Morgan fingerprint density at radius 2 is 2.27 bits per heavy atom. The van der Waals surface area contributed by atoms with Gasteiger partial charge in [0.15, 0.2) is 0 Å². The molecule has 1 aromatic carbocycles. The number of benzene rings is 1. The van der Waals surface area contributed by atoms with E-state index in [0.717, 1.165) is 11.3 Å². The van der Waals surface area contributed by atoms with Crippen molar-refractivity contribution in [2.45, 2.75) is 13.8 Å². The summed E-state index contributed by atoms with van der Waals surface area (Å²) in [6.45, 7) is 3.46. The van der Waals surface area contributed by atoms with E-state index in [1.54, 1.807) is 0 Å². The number of nitrogens with one attached hydrogen (secondary N) is 1. The summed E-state index contributed by atoms with van der Waals surface area (Å²) in [5, 5.41) is 2.64. The summed E-state index contributed by atoms with van der Waals surface area (Å²) in [6, 6.07) is 8.54. The van der Waals surface area contributed by atoms with E-state index in [9.17, 15) is 4.79 Å². The number of hydrogen-bond acceptors (Lipinski definition) is 1. The fraction of sp³-hybridized carbons (Fsp3) is 0.222. The Balaban J connectivity index is 2.74. The first-order chi connectivity index (χ1) is 5.18. The second-order valence-corrected chi connectivity index (χ2v) is 2.46. The first-order valence-electron chi connectivity index (χ1n) is 3.44. The van der Waals surface area contributed by atoms with E-state index >= 15 is 0 Å². The van der Waals surface area contributed by atoms with Gasteiger partial charge in [0.05, 0.1) is 0 Å². The van der Waals surface area contributed by atoms with E-state index in [4.69, 9.17) is 0 Å². The summed E-state index contributed by atoms with van der Waals surface area (Å²) < 4.78 is 0. The van der Waals surface area contributed by atoms with Crippen LogP contribution in [0.4, 0.5) is 5.69 Å². The van der Waals surface area contributed by atoms with Crippen LogP contribution < -0.4 is 5.32 Å². The molecule has 0 aliphatic rings. The van der Waals surface area contributed by atoms with Crippen molar-refractivity contribution in [3.63, 3.8) is 0 Å². The largest absolute Gasteiger partial charge is 0.326 e. The minimum atomic E-state index is -0.0647. The molecule has 0 aliphatic carbocycles. The predicted molar refractivity (Wildman–Crippen MR) is 44.3 cm³/mol. The average Bonchev–Trinajstić information content (AvgIpc) is 1.93. The van der Waals surface area contributed by atoms with Crippen LogP contribution in [0.5, 0.6) is 0 Å². The van der Waals surface area contributed by atoms with Gasteiger partial charge in [0.2, 0.25) is 5.91 Å². The fourth-order valence-corrected chi connectivity index (χ4v) is 0.770. The second kappa shape index (κ2) is 3.19. The molecule has 0 saturated carbocycles. The van der Waals surface area contributed by atoms with Gasteiger partial charge in [-0.2, -0.15) is 0 Å². The third-order valence-corrected chi connectivity index (χ3v) is 1.28. The first-order valence-corrected chi connectivity index (χ1v) is 3.44. The maximum Gasteiger partial charge on any atom is 0.221 e. The summed E-state index contributed by atoms with van der Waals surface area (Å²) in [4.78, 5) is 10.6. The molecular weight excluding hydrogens is 138 g/mol. The quantitative estimate of drug-likeness (QED) is 0.646. The lowest BCUT2D eigenvalue weighted by atomic mass is 10.2. The van der Waals surface area contributed by atoms with Crippen molar-refractivity contribution in [1.29, 1.82) is 0 Å². The average molecular weight is 148 g/mol. The zero-order valence-electron chi connectivity index (χ0n) is 6.64. The van der Waals surface area contributed by atoms with Gasteiger partial charge in [-0.15, -0.1) is 0 Å². The van der Waals surface area contributed by atoms with Crippen LogP contribution in [-0.2, 0) is 4.79 Å². The monoisotopic (exact) mass is 148 g/mol. The second-order valence-electron chi connectivity index (χ2n) is 2.46. The minimum Gasteiger partial charge on any atom is -0.326 e. The van der Waals surface area contributed by atoms with Crippen molar-refractivity contribution in [1.82, 2.24) is 0 Å². The van der Waals surface area contributed by atoms with Crippen molar-refractivity contribution in [2.75, 3.05) is 5.32 Å². The van der Waals surface area contributed by atoms with E-state index < -0.39 is 0 Å². The normalized spacial score (nSPS) is 9.27. The van der Waals surface area contributed by atoms with E-state index in [2.05, 4.69) is 11.4 Å². The Bertz CT molecular complexity index is 251. The van der Waals surface area contributed by atoms with Crippen molar-refractivity contribution < 1.29 is 4.79 Å². The number of carbonyl (C=O) groups is 1. The molecular formula is C9H10NO. The lowest BCUT2D eigenvalue weighted by Crippen LogP contribution is -2.05. The van der Waals surface area contributed by atoms with Crippen molar-refractivity contribution in [2.24, 2.45) is 0 Å². The highest BCUT2D eigenvalue weighted by Gasteiger charge is 1.92. The standard InChI is InChI=1S/C9H10NO/c1-7-3-5-9(6-4-7)10-8(2)11/h3-5H,1-2H3,(H,10,11). The maximum absolute atomic E-state index is 10.6. The third-order valence-electron chi connectivity index (χ3n) is 1.28. The molecule has 0 fully saturated rings. The highest BCUT2D eigenvalue weighted by Crippen LogP contribution is 2.06. The van der Waals surface area contributed by atoms with Gasteiger partial charge in [-0.05, 0) is 19.1 Å². The fourth-order valence-electron chi connectivity index (χ4n) is 0.770. The topological polar surface area (TPSA) is 29.1 Å². The van der Waals surface area contributed by atoms with Gasteiger partial charge in [-0.25, -0.2) is 0 Å². The van der Waals surface area contributed by atoms with E-state index in [-0.39, 0.29) is 5.91 Å². The Morgan fingerprint density at radius 1 is 1.55 bits per heavy atom. The SMILES string of the molecule is CC(=O)Nc1[c]cc(C)cc1. The van der Waals surface area contributed by atoms with E-state index in [0.29, 0.717) is 0 Å². The molecule has 11 heavy (non-hydrogen) atoms. The van der Waals surface area contributed by atoms with Crippen molar-refractivity contribution in [3.8, 4) is 0 Å². The molecule has 2 nitrogen and oxygen atoms in total. The molecule has 57 valence electrons.